The maximum absolute atomic E-state index is 14.3. The van der Waals surface area contributed by atoms with Gasteiger partial charge in [-0.25, -0.2) is 0 Å². The van der Waals surface area contributed by atoms with E-state index in [9.17, 15) is 14.4 Å². The maximum atomic E-state index is 14.3. The van der Waals surface area contributed by atoms with Gasteiger partial charge in [0.15, 0.2) is 0 Å². The lowest BCUT2D eigenvalue weighted by atomic mass is 9.90. The molecular formula is C36H41N5O3. The van der Waals surface area contributed by atoms with Gasteiger partial charge >= 0.3 is 0 Å². The minimum Gasteiger partial charge on any atom is -0.370 e. The van der Waals surface area contributed by atoms with Crippen LogP contribution in [-0.4, -0.2) is 52.3 Å². The number of likely N-dealkylation sites (tertiary alicyclic amines) is 1. The number of nitrogens with zero attached hydrogens (tertiary/aromatic N) is 2. The lowest BCUT2D eigenvalue weighted by Crippen LogP contribution is -2.57. The largest absolute Gasteiger partial charge is 0.370 e. The summed E-state index contributed by atoms with van der Waals surface area (Å²) in [6.45, 7) is 1.31. The zero-order valence-corrected chi connectivity index (χ0v) is 25.0. The first kappa shape index (κ1) is 30.9. The van der Waals surface area contributed by atoms with Gasteiger partial charge in [-0.3, -0.25) is 19.4 Å². The second kappa shape index (κ2) is 15.3. The van der Waals surface area contributed by atoms with Crippen LogP contribution in [0.2, 0.25) is 0 Å². The lowest BCUT2D eigenvalue weighted by Gasteiger charge is -2.41. The third kappa shape index (κ3) is 8.51. The lowest BCUT2D eigenvalue weighted by molar-refractivity contribution is -0.140. The minimum atomic E-state index is -0.704. The number of nitrogens with one attached hydrogen (secondary N) is 2. The number of pyridine rings is 1. The van der Waals surface area contributed by atoms with Crippen molar-refractivity contribution in [3.05, 3.63) is 114 Å². The summed E-state index contributed by atoms with van der Waals surface area (Å²) in [6, 6.07) is 29.7. The molecule has 5 rings (SSSR count). The van der Waals surface area contributed by atoms with Crippen molar-refractivity contribution in [2.45, 2.75) is 69.6 Å². The Kier molecular flexibility index (Phi) is 10.7. The molecule has 0 aliphatic carbocycles. The van der Waals surface area contributed by atoms with Gasteiger partial charge in [0.25, 0.3) is 0 Å². The van der Waals surface area contributed by atoms with Crippen molar-refractivity contribution in [3.63, 3.8) is 0 Å². The molecule has 4 aromatic rings. The number of para-hydroxylation sites is 1. The number of hydrogen-bond acceptors (Lipinski definition) is 5. The fourth-order valence-electron chi connectivity index (χ4n) is 6.11. The predicted molar refractivity (Wildman–Crippen MR) is 172 cm³/mol. The highest BCUT2D eigenvalue weighted by atomic mass is 16.2. The van der Waals surface area contributed by atoms with E-state index in [4.69, 9.17) is 5.73 Å². The number of benzene rings is 3. The fraction of sp³-hybridized carbons (Fsp3) is 0.333. The molecule has 3 atom stereocenters. The Morgan fingerprint density at radius 2 is 1.59 bits per heavy atom. The number of primary amides is 1. The highest BCUT2D eigenvalue weighted by Gasteiger charge is 2.35. The molecule has 8 heteroatoms. The molecule has 0 radical (unpaired) electrons. The Bertz CT molecular complexity index is 1540. The van der Waals surface area contributed by atoms with Crippen molar-refractivity contribution in [3.8, 4) is 0 Å². The maximum Gasteiger partial charge on any atom is 0.245 e. The zero-order chi connectivity index (χ0) is 30.7. The number of piperidine rings is 1. The van der Waals surface area contributed by atoms with Crippen molar-refractivity contribution in [1.29, 1.82) is 0 Å². The first-order chi connectivity index (χ1) is 21.5. The molecule has 2 unspecified atom stereocenters. The molecule has 228 valence electrons. The van der Waals surface area contributed by atoms with E-state index in [1.807, 2.05) is 77.8 Å². The van der Waals surface area contributed by atoms with Crippen LogP contribution in [0.25, 0.3) is 10.9 Å². The fourth-order valence-corrected chi connectivity index (χ4v) is 6.11. The Hall–Kier alpha value is -4.56. The Labute approximate surface area is 259 Å². The van der Waals surface area contributed by atoms with Gasteiger partial charge in [0.2, 0.25) is 17.7 Å². The molecule has 0 spiro atoms. The van der Waals surface area contributed by atoms with Crippen molar-refractivity contribution in [1.82, 2.24) is 20.5 Å². The molecule has 1 aliphatic heterocycles. The number of aromatic nitrogens is 1. The van der Waals surface area contributed by atoms with Gasteiger partial charge in [-0.1, -0.05) is 78.9 Å². The van der Waals surface area contributed by atoms with Gasteiger partial charge < -0.3 is 21.3 Å². The van der Waals surface area contributed by atoms with E-state index in [0.717, 1.165) is 42.3 Å². The van der Waals surface area contributed by atoms with Crippen LogP contribution in [0.1, 0.15) is 48.8 Å². The van der Waals surface area contributed by atoms with Crippen LogP contribution in [0.5, 0.6) is 0 Å². The van der Waals surface area contributed by atoms with Crippen LogP contribution < -0.4 is 16.4 Å². The van der Waals surface area contributed by atoms with Gasteiger partial charge in [0, 0.05) is 56.0 Å². The van der Waals surface area contributed by atoms with Crippen molar-refractivity contribution >= 4 is 28.6 Å². The van der Waals surface area contributed by atoms with Crippen LogP contribution in [0.15, 0.2) is 97.2 Å². The first-order valence-electron chi connectivity index (χ1n) is 15.5. The van der Waals surface area contributed by atoms with E-state index in [-0.39, 0.29) is 36.7 Å². The highest BCUT2D eigenvalue weighted by Crippen LogP contribution is 2.24. The normalized spacial score (nSPS) is 17.2. The number of fused-ring (bicyclic) bond motifs is 1. The summed E-state index contributed by atoms with van der Waals surface area (Å²) in [5.74, 6) is -0.759. The van der Waals surface area contributed by atoms with Gasteiger partial charge in [-0.2, -0.15) is 0 Å². The van der Waals surface area contributed by atoms with E-state index >= 15 is 0 Å². The molecule has 3 aromatic carbocycles. The molecular weight excluding hydrogens is 550 g/mol. The average molecular weight is 592 g/mol. The summed E-state index contributed by atoms with van der Waals surface area (Å²) >= 11 is 0. The third-order valence-corrected chi connectivity index (χ3v) is 8.38. The highest BCUT2D eigenvalue weighted by molar-refractivity contribution is 5.88. The molecule has 1 fully saturated rings. The van der Waals surface area contributed by atoms with Crippen LogP contribution in [0.4, 0.5) is 0 Å². The number of carbonyl (C=O) groups is 3. The summed E-state index contributed by atoms with van der Waals surface area (Å²) in [4.78, 5) is 44.8. The van der Waals surface area contributed by atoms with Crippen molar-refractivity contribution in [2.24, 2.45) is 5.73 Å². The number of amides is 3. The molecule has 4 N–H and O–H groups in total. The second-order valence-electron chi connectivity index (χ2n) is 11.6. The first-order valence-corrected chi connectivity index (χ1v) is 15.5. The van der Waals surface area contributed by atoms with Gasteiger partial charge in [-0.05, 0) is 54.5 Å². The minimum absolute atomic E-state index is 0.0321. The molecule has 0 bridgehead atoms. The van der Waals surface area contributed by atoms with Crippen molar-refractivity contribution in [2.75, 3.05) is 6.54 Å². The van der Waals surface area contributed by atoms with Crippen LogP contribution >= 0.6 is 0 Å². The predicted octanol–water partition coefficient (Wildman–Crippen LogP) is 4.31. The summed E-state index contributed by atoms with van der Waals surface area (Å²) in [5.41, 5.74) is 9.59. The van der Waals surface area contributed by atoms with E-state index in [1.165, 1.54) is 11.1 Å². The number of nitrogens with two attached hydrogens (primary N) is 1. The van der Waals surface area contributed by atoms with E-state index < -0.39 is 11.9 Å². The molecule has 8 nitrogen and oxygen atoms in total. The van der Waals surface area contributed by atoms with E-state index in [2.05, 4.69) is 39.9 Å². The number of rotatable bonds is 13. The molecule has 1 saturated heterocycles. The molecule has 1 aliphatic rings. The monoisotopic (exact) mass is 591 g/mol. The number of hydrogen-bond donors (Lipinski definition) is 3. The van der Waals surface area contributed by atoms with Crippen LogP contribution in [0.3, 0.4) is 0 Å². The summed E-state index contributed by atoms with van der Waals surface area (Å²) in [6.07, 6.45) is 5.23. The molecule has 3 amide bonds. The zero-order valence-electron chi connectivity index (χ0n) is 25.0. The van der Waals surface area contributed by atoms with E-state index in [1.54, 1.807) is 0 Å². The second-order valence-corrected chi connectivity index (χ2v) is 11.6. The van der Waals surface area contributed by atoms with Crippen molar-refractivity contribution < 1.29 is 14.4 Å². The van der Waals surface area contributed by atoms with Gasteiger partial charge in [-0.15, -0.1) is 0 Å². The Morgan fingerprint density at radius 1 is 0.886 bits per heavy atom. The molecule has 1 aromatic heterocycles. The SMILES string of the molecule is NC(=O)CCCC(=O)N[C@H](Cc1ccccc1)C(=O)N1CCC(NCc2ccnc3ccccc23)CC1Cc1ccccc1. The summed E-state index contributed by atoms with van der Waals surface area (Å²) in [7, 11) is 0. The van der Waals surface area contributed by atoms with Crippen LogP contribution in [-0.2, 0) is 33.8 Å². The quantitative estimate of drug-likeness (QED) is 0.214. The molecule has 0 saturated carbocycles. The summed E-state index contributed by atoms with van der Waals surface area (Å²) < 4.78 is 0. The molecule has 44 heavy (non-hydrogen) atoms. The molecule has 2 heterocycles. The third-order valence-electron chi connectivity index (χ3n) is 8.38. The Morgan fingerprint density at radius 3 is 2.34 bits per heavy atom. The van der Waals surface area contributed by atoms with E-state index in [0.29, 0.717) is 19.4 Å². The van der Waals surface area contributed by atoms with Gasteiger partial charge in [0.05, 0.1) is 5.52 Å². The smallest absolute Gasteiger partial charge is 0.245 e. The number of carbonyl (C=O) groups excluding carboxylic acids is 3. The summed E-state index contributed by atoms with van der Waals surface area (Å²) in [5, 5.41) is 7.90. The standard InChI is InChI=1S/C36H41N5O3/c37-34(42)16-9-17-35(43)40-33(23-27-12-5-2-6-13-27)36(44)41-21-19-29(24-30(41)22-26-10-3-1-4-11-26)39-25-28-18-20-38-32-15-8-7-14-31(28)32/h1-8,10-15,18,20,29-30,33,39H,9,16-17,19,21-25H2,(H2,37,42)(H,40,43)/t29?,30?,33-/m1/s1. The average Bonchev–Trinajstić information content (AvgIpc) is 3.04. The van der Waals surface area contributed by atoms with Crippen LogP contribution in [0, 0.1) is 0 Å². The Balaban J connectivity index is 1.32. The topological polar surface area (TPSA) is 117 Å². The van der Waals surface area contributed by atoms with Gasteiger partial charge in [0.1, 0.15) is 6.04 Å².